The number of likely N-dealkylation sites (tertiary alicyclic amines) is 1. The van der Waals surface area contributed by atoms with Gasteiger partial charge in [0, 0.05) is 31.8 Å². The summed E-state index contributed by atoms with van der Waals surface area (Å²) < 4.78 is 10.7. The van der Waals surface area contributed by atoms with Gasteiger partial charge in [0.2, 0.25) is 18.6 Å². The zero-order chi connectivity index (χ0) is 19.0. The number of carboxylic acid groups (broad SMARTS) is 1. The number of carbonyl (C=O) groups excluding carboxylic acids is 1. The zero-order valence-corrected chi connectivity index (χ0v) is 14.4. The summed E-state index contributed by atoms with van der Waals surface area (Å²) in [6.45, 7) is 0.669. The van der Waals surface area contributed by atoms with Crippen molar-refractivity contribution in [2.45, 2.75) is 18.8 Å². The monoisotopic (exact) mass is 373 g/mol. The number of H-pyrrole nitrogens is 1. The van der Waals surface area contributed by atoms with Gasteiger partial charge in [0.25, 0.3) is 0 Å². The minimum absolute atomic E-state index is 0.125. The van der Waals surface area contributed by atoms with Crippen LogP contribution in [0.2, 0.25) is 0 Å². The fourth-order valence-electron chi connectivity index (χ4n) is 3.54. The van der Waals surface area contributed by atoms with Gasteiger partial charge in [0.1, 0.15) is 5.82 Å². The fraction of sp³-hybridized carbons (Fsp3) is 0.412. The summed E-state index contributed by atoms with van der Waals surface area (Å²) >= 11 is 0. The van der Waals surface area contributed by atoms with Crippen LogP contribution in [0.15, 0.2) is 18.2 Å². The number of nitrogen functional groups attached to an aromatic ring is 1. The predicted molar refractivity (Wildman–Crippen MR) is 92.1 cm³/mol. The number of nitrogens with one attached hydrogen (secondary N) is 1. The Labute approximate surface area is 154 Å². The van der Waals surface area contributed by atoms with Crippen molar-refractivity contribution in [3.63, 3.8) is 0 Å². The highest BCUT2D eigenvalue weighted by Crippen LogP contribution is 2.39. The molecule has 0 spiro atoms. The van der Waals surface area contributed by atoms with Gasteiger partial charge in [0.15, 0.2) is 11.5 Å². The van der Waals surface area contributed by atoms with E-state index >= 15 is 0 Å². The molecule has 0 aliphatic carbocycles. The Morgan fingerprint density at radius 3 is 2.85 bits per heavy atom. The Morgan fingerprint density at radius 1 is 1.30 bits per heavy atom. The average Bonchev–Trinajstić information content (AvgIpc) is 3.37. The molecule has 0 unspecified atom stereocenters. The summed E-state index contributed by atoms with van der Waals surface area (Å²) in [4.78, 5) is 29.9. The Bertz CT molecular complexity index is 882. The van der Waals surface area contributed by atoms with Gasteiger partial charge in [-0.3, -0.25) is 14.7 Å². The molecule has 27 heavy (non-hydrogen) atoms. The van der Waals surface area contributed by atoms with Crippen LogP contribution in [0.1, 0.15) is 23.7 Å². The number of aromatic nitrogens is 3. The normalized spacial score (nSPS) is 20.8. The molecule has 1 saturated heterocycles. The van der Waals surface area contributed by atoms with Crippen LogP contribution in [0.3, 0.4) is 0 Å². The first kappa shape index (κ1) is 17.1. The molecule has 2 aromatic rings. The number of fused-ring (bicyclic) bond motifs is 1. The fourth-order valence-corrected chi connectivity index (χ4v) is 3.54. The number of nitrogens with zero attached hydrogens (tertiary/aromatic N) is 3. The third kappa shape index (κ3) is 3.37. The van der Waals surface area contributed by atoms with Crippen LogP contribution >= 0.6 is 0 Å². The van der Waals surface area contributed by atoms with Crippen molar-refractivity contribution in [3.8, 4) is 11.5 Å². The summed E-state index contributed by atoms with van der Waals surface area (Å²) in [5, 5.41) is 16.0. The second-order valence-corrected chi connectivity index (χ2v) is 6.60. The molecule has 0 saturated carbocycles. The van der Waals surface area contributed by atoms with Gasteiger partial charge < -0.3 is 25.2 Å². The third-order valence-corrected chi connectivity index (χ3v) is 4.94. The van der Waals surface area contributed by atoms with Gasteiger partial charge in [0.05, 0.1) is 5.92 Å². The highest BCUT2D eigenvalue weighted by molar-refractivity contribution is 5.80. The quantitative estimate of drug-likeness (QED) is 0.682. The van der Waals surface area contributed by atoms with Gasteiger partial charge >= 0.3 is 5.97 Å². The molecule has 2 atom stereocenters. The van der Waals surface area contributed by atoms with E-state index in [1.165, 1.54) is 0 Å². The van der Waals surface area contributed by atoms with Crippen molar-refractivity contribution in [1.82, 2.24) is 20.1 Å². The number of carboxylic acids is 1. The number of aliphatic carboxylic acids is 1. The molecule has 10 nitrogen and oxygen atoms in total. The first-order valence-electron chi connectivity index (χ1n) is 8.58. The Kier molecular flexibility index (Phi) is 4.30. The SMILES string of the molecule is Nc1n[nH]c(CCC(=O)N2C[C@@H](C(=O)O)[C@H](c3ccc4c(c3)OCO4)C2)n1. The van der Waals surface area contributed by atoms with Gasteiger partial charge in [-0.2, -0.15) is 4.98 Å². The number of aryl methyl sites for hydroxylation is 1. The summed E-state index contributed by atoms with van der Waals surface area (Å²) in [7, 11) is 0. The average molecular weight is 373 g/mol. The molecule has 1 amide bonds. The summed E-state index contributed by atoms with van der Waals surface area (Å²) in [6, 6.07) is 5.41. The lowest BCUT2D eigenvalue weighted by Crippen LogP contribution is -2.30. The minimum Gasteiger partial charge on any atom is -0.481 e. The maximum absolute atomic E-state index is 12.6. The van der Waals surface area contributed by atoms with Gasteiger partial charge in [-0.15, -0.1) is 5.10 Å². The van der Waals surface area contributed by atoms with Crippen molar-refractivity contribution in [3.05, 3.63) is 29.6 Å². The van der Waals surface area contributed by atoms with Crippen LogP contribution in [-0.2, 0) is 16.0 Å². The van der Waals surface area contributed by atoms with E-state index < -0.39 is 11.9 Å². The van der Waals surface area contributed by atoms with Crippen molar-refractivity contribution >= 4 is 17.8 Å². The van der Waals surface area contributed by atoms with Crippen molar-refractivity contribution in [1.29, 1.82) is 0 Å². The number of rotatable bonds is 5. The second-order valence-electron chi connectivity index (χ2n) is 6.60. The van der Waals surface area contributed by atoms with E-state index in [-0.39, 0.29) is 37.5 Å². The molecule has 2 aliphatic heterocycles. The number of benzene rings is 1. The number of hydrogen-bond donors (Lipinski definition) is 3. The van der Waals surface area contributed by atoms with Crippen molar-refractivity contribution in [2.24, 2.45) is 5.92 Å². The van der Waals surface area contributed by atoms with Gasteiger partial charge in [-0.25, -0.2) is 0 Å². The van der Waals surface area contributed by atoms with Gasteiger partial charge in [-0.05, 0) is 17.7 Å². The first-order chi connectivity index (χ1) is 13.0. The molecule has 3 heterocycles. The summed E-state index contributed by atoms with van der Waals surface area (Å²) in [5.74, 6) is -0.116. The number of carbonyl (C=O) groups is 2. The molecule has 0 bridgehead atoms. The Morgan fingerprint density at radius 2 is 2.11 bits per heavy atom. The lowest BCUT2D eigenvalue weighted by Gasteiger charge is -2.16. The number of hydrogen-bond acceptors (Lipinski definition) is 7. The molecule has 1 aromatic carbocycles. The highest BCUT2D eigenvalue weighted by Gasteiger charge is 2.40. The van der Waals surface area contributed by atoms with E-state index in [0.717, 1.165) is 5.56 Å². The largest absolute Gasteiger partial charge is 0.481 e. The van der Waals surface area contributed by atoms with Crippen LogP contribution in [0, 0.1) is 5.92 Å². The Hall–Kier alpha value is -3.30. The number of ether oxygens (including phenoxy) is 2. The van der Waals surface area contributed by atoms with E-state index in [9.17, 15) is 14.7 Å². The smallest absolute Gasteiger partial charge is 0.308 e. The third-order valence-electron chi connectivity index (χ3n) is 4.94. The van der Waals surface area contributed by atoms with Crippen LogP contribution in [0.4, 0.5) is 5.95 Å². The molecule has 142 valence electrons. The number of anilines is 1. The molecule has 1 fully saturated rings. The van der Waals surface area contributed by atoms with Crippen molar-refractivity contribution in [2.75, 3.05) is 25.6 Å². The molecule has 10 heteroatoms. The first-order valence-corrected chi connectivity index (χ1v) is 8.58. The lowest BCUT2D eigenvalue weighted by atomic mass is 9.89. The predicted octanol–water partition coefficient (Wildman–Crippen LogP) is 0.375. The number of nitrogens with two attached hydrogens (primary N) is 1. The van der Waals surface area contributed by atoms with Crippen LogP contribution in [0.25, 0.3) is 0 Å². The molecule has 4 N–H and O–H groups in total. The summed E-state index contributed by atoms with van der Waals surface area (Å²) in [5.41, 5.74) is 6.27. The molecular formula is C17H19N5O5. The molecular weight excluding hydrogens is 354 g/mol. The number of aromatic amines is 1. The summed E-state index contributed by atoms with van der Waals surface area (Å²) in [6.07, 6.45) is 0.570. The maximum atomic E-state index is 12.6. The molecule has 2 aliphatic rings. The van der Waals surface area contributed by atoms with Crippen molar-refractivity contribution < 1.29 is 24.2 Å². The number of amides is 1. The van der Waals surface area contributed by atoms with E-state index in [0.29, 0.717) is 30.3 Å². The van der Waals surface area contributed by atoms with E-state index in [1.54, 1.807) is 17.0 Å². The maximum Gasteiger partial charge on any atom is 0.308 e. The Balaban J connectivity index is 1.46. The standard InChI is InChI=1S/C17H19N5O5/c18-17-19-14(20-21-17)3-4-15(23)22-6-10(11(7-22)16(24)25)9-1-2-12-13(5-9)27-8-26-12/h1-2,5,10-11H,3-4,6-8H2,(H,24,25)(H3,18,19,20,21)/t10-,11+/m0/s1. The highest BCUT2D eigenvalue weighted by atomic mass is 16.7. The topological polar surface area (TPSA) is 144 Å². The van der Waals surface area contributed by atoms with Crippen LogP contribution < -0.4 is 15.2 Å². The molecule has 1 aromatic heterocycles. The van der Waals surface area contributed by atoms with E-state index in [4.69, 9.17) is 15.2 Å². The van der Waals surface area contributed by atoms with Crippen LogP contribution in [0.5, 0.6) is 11.5 Å². The van der Waals surface area contributed by atoms with Crippen LogP contribution in [-0.4, -0.2) is 56.9 Å². The lowest BCUT2D eigenvalue weighted by molar-refractivity contribution is -0.141. The van der Waals surface area contributed by atoms with E-state index in [1.807, 2.05) is 6.07 Å². The molecule has 0 radical (unpaired) electrons. The second kappa shape index (κ2) is 6.78. The van der Waals surface area contributed by atoms with E-state index in [2.05, 4.69) is 15.2 Å². The molecule has 4 rings (SSSR count). The van der Waals surface area contributed by atoms with Gasteiger partial charge in [-0.1, -0.05) is 6.07 Å². The minimum atomic E-state index is -0.920. The zero-order valence-electron chi connectivity index (χ0n) is 14.4.